The molecule has 1 saturated heterocycles. The summed E-state index contributed by atoms with van der Waals surface area (Å²) >= 11 is 6.16. The van der Waals surface area contributed by atoms with Gasteiger partial charge in [0, 0.05) is 53.7 Å². The second-order valence-corrected chi connectivity index (χ2v) is 8.30. The van der Waals surface area contributed by atoms with Crippen molar-refractivity contribution in [2.45, 2.75) is 6.92 Å². The molecule has 8 heteroatoms. The lowest BCUT2D eigenvalue weighted by atomic mass is 10.1. The number of piperazine rings is 1. The van der Waals surface area contributed by atoms with Crippen LogP contribution >= 0.6 is 11.6 Å². The predicted octanol–water partition coefficient (Wildman–Crippen LogP) is 4.64. The monoisotopic (exact) mass is 445 g/mol. The van der Waals surface area contributed by atoms with Gasteiger partial charge in [0.25, 0.3) is 0 Å². The quantitative estimate of drug-likeness (QED) is 0.473. The number of hydrogen-bond acceptors (Lipinski definition) is 7. The van der Waals surface area contributed by atoms with E-state index in [0.29, 0.717) is 11.5 Å². The molecule has 2 aromatic carbocycles. The van der Waals surface area contributed by atoms with Crippen LogP contribution in [-0.4, -0.2) is 41.1 Å². The standard InChI is InChI=1S/C24H24ClN7/c1-16-8-9-19-20(29-16)6-3-7-21(19)30-23-22(26)24(28-15-27-23)32-12-10-31(11-13-32)18-5-2-4-17(25)14-18/h2-9,14-15H,10-13,26H2,1H3,(H,27,28,30). The minimum Gasteiger partial charge on any atom is -0.393 e. The van der Waals surface area contributed by atoms with E-state index in [1.165, 1.54) is 0 Å². The first kappa shape index (κ1) is 20.3. The number of pyridine rings is 1. The van der Waals surface area contributed by atoms with Crippen molar-refractivity contribution in [2.24, 2.45) is 0 Å². The van der Waals surface area contributed by atoms with Crippen LogP contribution in [0.5, 0.6) is 0 Å². The first-order valence-corrected chi connectivity index (χ1v) is 11.0. The smallest absolute Gasteiger partial charge is 0.159 e. The van der Waals surface area contributed by atoms with Crippen LogP contribution in [0.1, 0.15) is 5.69 Å². The summed E-state index contributed by atoms with van der Waals surface area (Å²) in [4.78, 5) is 18.0. The Hall–Kier alpha value is -3.58. The van der Waals surface area contributed by atoms with Gasteiger partial charge in [0.15, 0.2) is 11.6 Å². The van der Waals surface area contributed by atoms with Crippen molar-refractivity contribution in [1.82, 2.24) is 15.0 Å². The Bertz CT molecular complexity index is 1270. The van der Waals surface area contributed by atoms with Gasteiger partial charge in [-0.3, -0.25) is 4.98 Å². The molecule has 4 aromatic rings. The zero-order chi connectivity index (χ0) is 22.1. The Kier molecular flexibility index (Phi) is 5.41. The summed E-state index contributed by atoms with van der Waals surface area (Å²) in [6.07, 6.45) is 1.56. The van der Waals surface area contributed by atoms with Crippen molar-refractivity contribution >= 4 is 51.2 Å². The number of aromatic nitrogens is 3. The number of rotatable bonds is 4. The van der Waals surface area contributed by atoms with Gasteiger partial charge in [0.05, 0.1) is 5.52 Å². The maximum Gasteiger partial charge on any atom is 0.159 e. The summed E-state index contributed by atoms with van der Waals surface area (Å²) in [6.45, 7) is 5.33. The predicted molar refractivity (Wildman–Crippen MR) is 132 cm³/mol. The topological polar surface area (TPSA) is 83.2 Å². The summed E-state index contributed by atoms with van der Waals surface area (Å²) in [7, 11) is 0. The minimum atomic E-state index is 0.542. The molecule has 3 heterocycles. The molecular weight excluding hydrogens is 422 g/mol. The molecule has 0 spiro atoms. The summed E-state index contributed by atoms with van der Waals surface area (Å²) in [5.74, 6) is 1.35. The van der Waals surface area contributed by atoms with Crippen LogP contribution in [0.3, 0.4) is 0 Å². The first-order valence-electron chi connectivity index (χ1n) is 10.6. The molecule has 0 amide bonds. The number of aryl methyl sites for hydroxylation is 1. The molecule has 0 radical (unpaired) electrons. The average molecular weight is 446 g/mol. The van der Waals surface area contributed by atoms with Crippen LogP contribution in [-0.2, 0) is 0 Å². The molecule has 7 nitrogen and oxygen atoms in total. The van der Waals surface area contributed by atoms with Crippen molar-refractivity contribution in [3.05, 3.63) is 71.6 Å². The third-order valence-electron chi connectivity index (χ3n) is 5.74. The Labute approximate surface area is 191 Å². The largest absolute Gasteiger partial charge is 0.393 e. The van der Waals surface area contributed by atoms with E-state index in [4.69, 9.17) is 17.3 Å². The summed E-state index contributed by atoms with van der Waals surface area (Å²) in [5.41, 5.74) is 11.0. The number of anilines is 5. The highest BCUT2D eigenvalue weighted by molar-refractivity contribution is 6.30. The van der Waals surface area contributed by atoms with Crippen LogP contribution < -0.4 is 20.9 Å². The lowest BCUT2D eigenvalue weighted by Gasteiger charge is -2.37. The van der Waals surface area contributed by atoms with Crippen molar-refractivity contribution in [3.8, 4) is 0 Å². The maximum absolute atomic E-state index is 6.52. The molecule has 0 aliphatic carbocycles. The van der Waals surface area contributed by atoms with Gasteiger partial charge in [-0.05, 0) is 49.4 Å². The zero-order valence-electron chi connectivity index (χ0n) is 17.8. The van der Waals surface area contributed by atoms with E-state index in [0.717, 1.165) is 65.0 Å². The molecule has 32 heavy (non-hydrogen) atoms. The number of nitrogens with one attached hydrogen (secondary N) is 1. The molecule has 1 aliphatic rings. The molecule has 0 unspecified atom stereocenters. The minimum absolute atomic E-state index is 0.542. The van der Waals surface area contributed by atoms with E-state index >= 15 is 0 Å². The molecule has 1 fully saturated rings. The fourth-order valence-corrected chi connectivity index (χ4v) is 4.27. The summed E-state index contributed by atoms with van der Waals surface area (Å²) in [6, 6.07) is 18.0. The van der Waals surface area contributed by atoms with E-state index < -0.39 is 0 Å². The van der Waals surface area contributed by atoms with Gasteiger partial charge in [0.1, 0.15) is 12.0 Å². The number of nitrogen functional groups attached to an aromatic ring is 1. The van der Waals surface area contributed by atoms with Crippen LogP contribution in [0.25, 0.3) is 10.9 Å². The molecule has 5 rings (SSSR count). The van der Waals surface area contributed by atoms with Gasteiger partial charge >= 0.3 is 0 Å². The van der Waals surface area contributed by atoms with E-state index in [9.17, 15) is 0 Å². The van der Waals surface area contributed by atoms with Crippen LogP contribution in [0.2, 0.25) is 5.02 Å². The third-order valence-corrected chi connectivity index (χ3v) is 5.97. The highest BCUT2D eigenvalue weighted by atomic mass is 35.5. The van der Waals surface area contributed by atoms with E-state index in [2.05, 4.69) is 42.2 Å². The lowest BCUT2D eigenvalue weighted by molar-refractivity contribution is 0.647. The van der Waals surface area contributed by atoms with Crippen LogP contribution in [0.4, 0.5) is 28.7 Å². The number of benzene rings is 2. The lowest BCUT2D eigenvalue weighted by Crippen LogP contribution is -2.47. The van der Waals surface area contributed by atoms with Gasteiger partial charge in [-0.15, -0.1) is 0 Å². The molecule has 0 atom stereocenters. The van der Waals surface area contributed by atoms with Crippen LogP contribution in [0, 0.1) is 6.92 Å². The van der Waals surface area contributed by atoms with Crippen molar-refractivity contribution in [3.63, 3.8) is 0 Å². The second-order valence-electron chi connectivity index (χ2n) is 7.86. The fourth-order valence-electron chi connectivity index (χ4n) is 4.08. The second kappa shape index (κ2) is 8.51. The summed E-state index contributed by atoms with van der Waals surface area (Å²) in [5, 5.41) is 5.16. The maximum atomic E-state index is 6.52. The number of halogens is 1. The zero-order valence-corrected chi connectivity index (χ0v) is 18.5. The third kappa shape index (κ3) is 3.99. The highest BCUT2D eigenvalue weighted by Crippen LogP contribution is 2.32. The highest BCUT2D eigenvalue weighted by Gasteiger charge is 2.22. The number of nitrogens with two attached hydrogens (primary N) is 1. The molecule has 3 N–H and O–H groups in total. The van der Waals surface area contributed by atoms with E-state index in [-0.39, 0.29) is 0 Å². The fraction of sp³-hybridized carbons (Fsp3) is 0.208. The van der Waals surface area contributed by atoms with Gasteiger partial charge in [0.2, 0.25) is 0 Å². The van der Waals surface area contributed by atoms with Crippen molar-refractivity contribution < 1.29 is 0 Å². The number of hydrogen-bond donors (Lipinski definition) is 2. The summed E-state index contributed by atoms with van der Waals surface area (Å²) < 4.78 is 0. The number of fused-ring (bicyclic) bond motifs is 1. The molecule has 162 valence electrons. The SMILES string of the molecule is Cc1ccc2c(Nc3ncnc(N4CCN(c5cccc(Cl)c5)CC4)c3N)cccc2n1. The molecule has 1 aliphatic heterocycles. The molecular formula is C24H24ClN7. The Morgan fingerprint density at radius 2 is 1.72 bits per heavy atom. The number of nitrogens with zero attached hydrogens (tertiary/aromatic N) is 5. The Morgan fingerprint density at radius 3 is 2.53 bits per heavy atom. The normalized spacial score (nSPS) is 14.1. The van der Waals surface area contributed by atoms with Gasteiger partial charge in [-0.1, -0.05) is 23.7 Å². The van der Waals surface area contributed by atoms with Gasteiger partial charge in [-0.2, -0.15) is 0 Å². The Morgan fingerprint density at radius 1 is 0.938 bits per heavy atom. The average Bonchev–Trinajstić information content (AvgIpc) is 2.80. The Balaban J connectivity index is 1.36. The van der Waals surface area contributed by atoms with Crippen LogP contribution in [0.15, 0.2) is 60.9 Å². The molecule has 0 bridgehead atoms. The van der Waals surface area contributed by atoms with E-state index in [1.54, 1.807) is 6.33 Å². The van der Waals surface area contributed by atoms with Crippen molar-refractivity contribution in [1.29, 1.82) is 0 Å². The first-order chi connectivity index (χ1) is 15.6. The molecule has 2 aromatic heterocycles. The van der Waals surface area contributed by atoms with Gasteiger partial charge in [-0.25, -0.2) is 9.97 Å². The van der Waals surface area contributed by atoms with Crippen molar-refractivity contribution in [2.75, 3.05) is 47.0 Å². The van der Waals surface area contributed by atoms with E-state index in [1.807, 2.05) is 49.4 Å². The molecule has 0 saturated carbocycles. The van der Waals surface area contributed by atoms with Gasteiger partial charge < -0.3 is 20.9 Å².